The summed E-state index contributed by atoms with van der Waals surface area (Å²) in [7, 11) is 1.62. The van der Waals surface area contributed by atoms with Crippen molar-refractivity contribution in [1.29, 1.82) is 0 Å². The number of nitrogens with zero attached hydrogens (tertiary/aromatic N) is 1. The molecule has 0 atom stereocenters. The molecule has 0 aliphatic heterocycles. The molecule has 0 spiro atoms. The minimum Gasteiger partial charge on any atom is -0.497 e. The van der Waals surface area contributed by atoms with E-state index >= 15 is 0 Å². The van der Waals surface area contributed by atoms with Gasteiger partial charge >= 0.3 is 0 Å². The fourth-order valence-corrected chi connectivity index (χ4v) is 3.30. The molecule has 2 N–H and O–H groups in total. The number of amides is 2. The molecule has 2 aromatic carbocycles. The Morgan fingerprint density at radius 1 is 1.07 bits per heavy atom. The lowest BCUT2D eigenvalue weighted by Gasteiger charge is -2.06. The molecule has 2 amide bonds. The number of anilines is 2. The van der Waals surface area contributed by atoms with Crippen molar-refractivity contribution < 1.29 is 14.3 Å². The van der Waals surface area contributed by atoms with Crippen molar-refractivity contribution in [2.45, 2.75) is 13.3 Å². The van der Waals surface area contributed by atoms with E-state index in [0.717, 1.165) is 16.3 Å². The van der Waals surface area contributed by atoms with Gasteiger partial charge in [-0.25, -0.2) is 4.98 Å². The topological polar surface area (TPSA) is 80.3 Å². The first kappa shape index (κ1) is 18.6. The largest absolute Gasteiger partial charge is 0.497 e. The zero-order valence-electron chi connectivity index (χ0n) is 15.0. The predicted octanol–water partition coefficient (Wildman–Crippen LogP) is 3.96. The Bertz CT molecular complexity index is 951. The van der Waals surface area contributed by atoms with E-state index in [1.165, 1.54) is 18.3 Å². The molecule has 7 heteroatoms. The Morgan fingerprint density at radius 2 is 1.78 bits per heavy atom. The molecule has 1 heterocycles. The Labute approximate surface area is 161 Å². The molecule has 27 heavy (non-hydrogen) atoms. The normalized spacial score (nSPS) is 10.3. The average molecular weight is 381 g/mol. The first-order valence-corrected chi connectivity index (χ1v) is 9.18. The number of carbonyl (C=O) groups excluding carboxylic acids is 2. The maximum absolute atomic E-state index is 12.3. The van der Waals surface area contributed by atoms with Crippen molar-refractivity contribution >= 4 is 34.5 Å². The molecular formula is C20H19N3O3S. The molecule has 0 aliphatic carbocycles. The van der Waals surface area contributed by atoms with Gasteiger partial charge in [0.2, 0.25) is 11.8 Å². The first-order valence-electron chi connectivity index (χ1n) is 8.30. The summed E-state index contributed by atoms with van der Waals surface area (Å²) in [5.74, 6) is 0.483. The third kappa shape index (κ3) is 5.15. The van der Waals surface area contributed by atoms with Crippen molar-refractivity contribution in [3.8, 4) is 16.3 Å². The molecule has 6 nitrogen and oxygen atoms in total. The van der Waals surface area contributed by atoms with Gasteiger partial charge in [0.05, 0.1) is 19.2 Å². The Balaban J connectivity index is 1.61. The van der Waals surface area contributed by atoms with Crippen LogP contribution in [0, 0.1) is 0 Å². The molecule has 0 bridgehead atoms. The van der Waals surface area contributed by atoms with E-state index in [2.05, 4.69) is 15.6 Å². The summed E-state index contributed by atoms with van der Waals surface area (Å²) >= 11 is 1.49. The number of benzene rings is 2. The van der Waals surface area contributed by atoms with E-state index in [1.807, 2.05) is 29.6 Å². The zero-order chi connectivity index (χ0) is 19.2. The van der Waals surface area contributed by atoms with E-state index in [9.17, 15) is 9.59 Å². The van der Waals surface area contributed by atoms with Gasteiger partial charge in [0.25, 0.3) is 0 Å². The third-order valence-electron chi connectivity index (χ3n) is 3.70. The SMILES string of the molecule is COc1cccc(-c2nc(CC(=O)Nc3ccc(NC(C)=O)cc3)cs2)c1. The molecule has 0 saturated carbocycles. The summed E-state index contributed by atoms with van der Waals surface area (Å²) in [5, 5.41) is 8.24. The summed E-state index contributed by atoms with van der Waals surface area (Å²) in [5.41, 5.74) is 3.02. The number of hydrogen-bond donors (Lipinski definition) is 2. The quantitative estimate of drug-likeness (QED) is 0.677. The van der Waals surface area contributed by atoms with Crippen LogP contribution in [-0.4, -0.2) is 23.9 Å². The number of thiazole rings is 1. The number of hydrogen-bond acceptors (Lipinski definition) is 5. The van der Waals surface area contributed by atoms with Gasteiger partial charge in [-0.3, -0.25) is 9.59 Å². The van der Waals surface area contributed by atoms with Crippen LogP contribution in [0.3, 0.4) is 0 Å². The van der Waals surface area contributed by atoms with E-state index in [-0.39, 0.29) is 18.2 Å². The zero-order valence-corrected chi connectivity index (χ0v) is 15.8. The van der Waals surface area contributed by atoms with Gasteiger partial charge in [0.15, 0.2) is 0 Å². The second kappa shape index (κ2) is 8.46. The van der Waals surface area contributed by atoms with Crippen LogP contribution in [0.4, 0.5) is 11.4 Å². The Morgan fingerprint density at radius 3 is 2.44 bits per heavy atom. The number of methoxy groups -OCH3 is 1. The molecule has 1 aromatic heterocycles. The van der Waals surface area contributed by atoms with Crippen molar-refractivity contribution in [1.82, 2.24) is 4.98 Å². The van der Waals surface area contributed by atoms with Crippen LogP contribution in [0.2, 0.25) is 0 Å². The van der Waals surface area contributed by atoms with Gasteiger partial charge in [-0.1, -0.05) is 12.1 Å². The molecule has 3 rings (SSSR count). The van der Waals surface area contributed by atoms with Crippen molar-refractivity contribution in [3.05, 3.63) is 59.6 Å². The van der Waals surface area contributed by atoms with Crippen molar-refractivity contribution in [3.63, 3.8) is 0 Å². The van der Waals surface area contributed by atoms with E-state index in [1.54, 1.807) is 31.4 Å². The lowest BCUT2D eigenvalue weighted by molar-refractivity contribution is -0.116. The minimum absolute atomic E-state index is 0.137. The predicted molar refractivity (Wildman–Crippen MR) is 107 cm³/mol. The second-order valence-corrected chi connectivity index (χ2v) is 6.72. The highest BCUT2D eigenvalue weighted by Crippen LogP contribution is 2.27. The lowest BCUT2D eigenvalue weighted by Crippen LogP contribution is -2.14. The van der Waals surface area contributed by atoms with E-state index < -0.39 is 0 Å². The van der Waals surface area contributed by atoms with Crippen LogP contribution in [-0.2, 0) is 16.0 Å². The van der Waals surface area contributed by atoms with Crippen LogP contribution in [0.1, 0.15) is 12.6 Å². The smallest absolute Gasteiger partial charge is 0.230 e. The minimum atomic E-state index is -0.148. The highest BCUT2D eigenvalue weighted by atomic mass is 32.1. The van der Waals surface area contributed by atoms with Crippen molar-refractivity contribution in [2.24, 2.45) is 0 Å². The number of nitrogens with one attached hydrogen (secondary N) is 2. The van der Waals surface area contributed by atoms with Crippen LogP contribution in [0.5, 0.6) is 5.75 Å². The number of carbonyl (C=O) groups is 2. The van der Waals surface area contributed by atoms with Gasteiger partial charge < -0.3 is 15.4 Å². The van der Waals surface area contributed by atoms with Crippen LogP contribution in [0.25, 0.3) is 10.6 Å². The Kier molecular flexibility index (Phi) is 5.83. The molecule has 0 fully saturated rings. The highest BCUT2D eigenvalue weighted by molar-refractivity contribution is 7.13. The second-order valence-electron chi connectivity index (χ2n) is 5.86. The van der Waals surface area contributed by atoms with Crippen LogP contribution >= 0.6 is 11.3 Å². The third-order valence-corrected chi connectivity index (χ3v) is 4.64. The van der Waals surface area contributed by atoms with Crippen LogP contribution < -0.4 is 15.4 Å². The maximum atomic E-state index is 12.3. The molecule has 0 aliphatic rings. The molecular weight excluding hydrogens is 362 g/mol. The summed E-state index contributed by atoms with van der Waals surface area (Å²) in [6, 6.07) is 14.6. The number of rotatable bonds is 6. The lowest BCUT2D eigenvalue weighted by atomic mass is 10.2. The average Bonchev–Trinajstić information content (AvgIpc) is 3.11. The Hall–Kier alpha value is -3.19. The fraction of sp³-hybridized carbons (Fsp3) is 0.150. The number of ether oxygens (including phenoxy) is 1. The molecule has 138 valence electrons. The molecule has 0 saturated heterocycles. The summed E-state index contributed by atoms with van der Waals surface area (Å²) in [6.07, 6.45) is 0.188. The van der Waals surface area contributed by atoms with Crippen LogP contribution in [0.15, 0.2) is 53.9 Å². The van der Waals surface area contributed by atoms with E-state index in [0.29, 0.717) is 17.1 Å². The van der Waals surface area contributed by atoms with Gasteiger partial charge in [0, 0.05) is 29.2 Å². The summed E-state index contributed by atoms with van der Waals surface area (Å²) in [6.45, 7) is 1.45. The molecule has 0 radical (unpaired) electrons. The summed E-state index contributed by atoms with van der Waals surface area (Å²) < 4.78 is 5.23. The standard InChI is InChI=1S/C20H19N3O3S/c1-13(24)21-15-6-8-16(9-7-15)22-19(25)11-17-12-27-20(23-17)14-4-3-5-18(10-14)26-2/h3-10,12H,11H2,1-2H3,(H,21,24)(H,22,25). The van der Waals surface area contributed by atoms with Gasteiger partial charge in [-0.15, -0.1) is 11.3 Å². The first-order chi connectivity index (χ1) is 13.0. The highest BCUT2D eigenvalue weighted by Gasteiger charge is 2.10. The monoisotopic (exact) mass is 381 g/mol. The van der Waals surface area contributed by atoms with Crippen molar-refractivity contribution in [2.75, 3.05) is 17.7 Å². The molecule has 3 aromatic rings. The van der Waals surface area contributed by atoms with Gasteiger partial charge in [-0.05, 0) is 36.4 Å². The summed E-state index contributed by atoms with van der Waals surface area (Å²) in [4.78, 5) is 27.8. The van der Waals surface area contributed by atoms with E-state index in [4.69, 9.17) is 4.74 Å². The van der Waals surface area contributed by atoms with Gasteiger partial charge in [-0.2, -0.15) is 0 Å². The fourth-order valence-electron chi connectivity index (χ4n) is 2.49. The van der Waals surface area contributed by atoms with Gasteiger partial charge in [0.1, 0.15) is 10.8 Å². The maximum Gasteiger partial charge on any atom is 0.230 e. The molecule has 0 unspecified atom stereocenters. The number of aromatic nitrogens is 1.